The van der Waals surface area contributed by atoms with Crippen LogP contribution >= 0.6 is 0 Å². The van der Waals surface area contributed by atoms with E-state index in [1.54, 1.807) is 25.3 Å². The summed E-state index contributed by atoms with van der Waals surface area (Å²) in [4.78, 5) is 12.5. The number of Topliss-reactive ketones (excluding diaryl/α,β-unsaturated/α-hetero) is 1. The van der Waals surface area contributed by atoms with E-state index in [-0.39, 0.29) is 5.78 Å². The molecular formula is C14H21NO3. The van der Waals surface area contributed by atoms with E-state index in [4.69, 9.17) is 15.2 Å². The van der Waals surface area contributed by atoms with Gasteiger partial charge in [0, 0.05) is 18.0 Å². The van der Waals surface area contributed by atoms with Gasteiger partial charge < -0.3 is 15.2 Å². The number of ketones is 1. The van der Waals surface area contributed by atoms with Crippen LogP contribution in [0.2, 0.25) is 0 Å². The van der Waals surface area contributed by atoms with Gasteiger partial charge in [0.25, 0.3) is 0 Å². The zero-order valence-corrected chi connectivity index (χ0v) is 11.4. The van der Waals surface area contributed by atoms with E-state index in [0.717, 1.165) is 0 Å². The molecule has 1 aromatic rings. The number of carbonyl (C=O) groups excluding carboxylic acids is 1. The lowest BCUT2D eigenvalue weighted by molar-refractivity contribution is 0.0817. The SMILES string of the molecule is CCC(C)(CN)C(=O)c1ccc(OC)cc1OC. The summed E-state index contributed by atoms with van der Waals surface area (Å²) >= 11 is 0. The third-order valence-corrected chi connectivity index (χ3v) is 3.43. The fraction of sp³-hybridized carbons (Fsp3) is 0.500. The van der Waals surface area contributed by atoms with E-state index in [2.05, 4.69) is 0 Å². The summed E-state index contributed by atoms with van der Waals surface area (Å²) in [6, 6.07) is 5.19. The molecule has 1 unspecified atom stereocenters. The molecule has 0 saturated heterocycles. The summed E-state index contributed by atoms with van der Waals surface area (Å²) in [5.74, 6) is 1.19. The van der Waals surface area contributed by atoms with Crippen LogP contribution in [0.5, 0.6) is 11.5 Å². The summed E-state index contributed by atoms with van der Waals surface area (Å²) in [6.45, 7) is 4.15. The van der Waals surface area contributed by atoms with Crippen LogP contribution < -0.4 is 15.2 Å². The quantitative estimate of drug-likeness (QED) is 0.788. The maximum absolute atomic E-state index is 12.5. The predicted octanol–water partition coefficient (Wildman–Crippen LogP) is 2.26. The molecule has 0 amide bonds. The first-order valence-corrected chi connectivity index (χ1v) is 5.99. The molecule has 0 aliphatic rings. The van der Waals surface area contributed by atoms with Crippen LogP contribution in [-0.4, -0.2) is 26.5 Å². The highest BCUT2D eigenvalue weighted by Gasteiger charge is 2.32. The van der Waals surface area contributed by atoms with Crippen LogP contribution in [0.4, 0.5) is 0 Å². The summed E-state index contributed by atoms with van der Waals surface area (Å²) in [5, 5.41) is 0. The molecule has 0 bridgehead atoms. The number of benzene rings is 1. The van der Waals surface area contributed by atoms with E-state index in [1.165, 1.54) is 7.11 Å². The summed E-state index contributed by atoms with van der Waals surface area (Å²) in [6.07, 6.45) is 0.692. The molecule has 4 heteroatoms. The second-order valence-corrected chi connectivity index (χ2v) is 4.51. The topological polar surface area (TPSA) is 61.6 Å². The molecule has 1 atom stereocenters. The first-order chi connectivity index (χ1) is 8.52. The van der Waals surface area contributed by atoms with Gasteiger partial charge in [0.1, 0.15) is 11.5 Å². The molecule has 0 heterocycles. The molecular weight excluding hydrogens is 230 g/mol. The number of methoxy groups -OCH3 is 2. The zero-order valence-electron chi connectivity index (χ0n) is 11.4. The smallest absolute Gasteiger partial charge is 0.173 e. The normalized spacial score (nSPS) is 13.8. The number of rotatable bonds is 6. The highest BCUT2D eigenvalue weighted by atomic mass is 16.5. The molecule has 1 aromatic carbocycles. The molecule has 18 heavy (non-hydrogen) atoms. The zero-order chi connectivity index (χ0) is 13.8. The van der Waals surface area contributed by atoms with E-state index >= 15 is 0 Å². The Kier molecular flexibility index (Phi) is 4.73. The molecule has 0 spiro atoms. The van der Waals surface area contributed by atoms with Crippen molar-refractivity contribution in [1.29, 1.82) is 0 Å². The summed E-state index contributed by atoms with van der Waals surface area (Å²) in [7, 11) is 3.11. The van der Waals surface area contributed by atoms with E-state index in [1.807, 2.05) is 13.8 Å². The molecule has 0 aromatic heterocycles. The van der Waals surface area contributed by atoms with Crippen molar-refractivity contribution in [3.8, 4) is 11.5 Å². The van der Waals surface area contributed by atoms with E-state index in [9.17, 15) is 4.79 Å². The van der Waals surface area contributed by atoms with E-state index in [0.29, 0.717) is 30.0 Å². The minimum atomic E-state index is -0.554. The highest BCUT2D eigenvalue weighted by Crippen LogP contribution is 2.32. The minimum Gasteiger partial charge on any atom is -0.497 e. The number of ether oxygens (including phenoxy) is 2. The Morgan fingerprint density at radius 2 is 2.00 bits per heavy atom. The van der Waals surface area contributed by atoms with Crippen LogP contribution in [0.25, 0.3) is 0 Å². The average molecular weight is 251 g/mol. The summed E-state index contributed by atoms with van der Waals surface area (Å²) < 4.78 is 10.4. The van der Waals surface area contributed by atoms with Gasteiger partial charge in [0.05, 0.1) is 19.8 Å². The van der Waals surface area contributed by atoms with Gasteiger partial charge in [0.2, 0.25) is 0 Å². The standard InChI is InChI=1S/C14H21NO3/c1-5-14(2,9-15)13(16)11-7-6-10(17-3)8-12(11)18-4/h6-8H,5,9,15H2,1-4H3. The van der Waals surface area contributed by atoms with Crippen LogP contribution in [0, 0.1) is 5.41 Å². The Hall–Kier alpha value is -1.55. The Balaban J connectivity index is 3.20. The van der Waals surface area contributed by atoms with Crippen molar-refractivity contribution >= 4 is 5.78 Å². The molecule has 1 rings (SSSR count). The highest BCUT2D eigenvalue weighted by molar-refractivity contribution is 6.02. The third kappa shape index (κ3) is 2.64. The molecule has 0 saturated carbocycles. The number of hydrogen-bond acceptors (Lipinski definition) is 4. The van der Waals surface area contributed by atoms with Gasteiger partial charge in [-0.25, -0.2) is 0 Å². The Morgan fingerprint density at radius 1 is 1.33 bits per heavy atom. The Bertz CT molecular complexity index is 425. The van der Waals surface area contributed by atoms with Gasteiger partial charge in [-0.15, -0.1) is 0 Å². The van der Waals surface area contributed by atoms with Crippen molar-refractivity contribution in [2.45, 2.75) is 20.3 Å². The molecule has 0 aliphatic carbocycles. The van der Waals surface area contributed by atoms with Crippen molar-refractivity contribution in [2.24, 2.45) is 11.1 Å². The molecule has 2 N–H and O–H groups in total. The van der Waals surface area contributed by atoms with Crippen LogP contribution in [0.3, 0.4) is 0 Å². The van der Waals surface area contributed by atoms with Gasteiger partial charge in [-0.05, 0) is 18.6 Å². The second kappa shape index (κ2) is 5.87. The average Bonchev–Trinajstić information content (AvgIpc) is 2.44. The summed E-state index contributed by atoms with van der Waals surface area (Å²) in [5.41, 5.74) is 5.71. The lowest BCUT2D eigenvalue weighted by atomic mass is 9.80. The van der Waals surface area contributed by atoms with Gasteiger partial charge in [-0.2, -0.15) is 0 Å². The van der Waals surface area contributed by atoms with Crippen LogP contribution in [-0.2, 0) is 0 Å². The largest absolute Gasteiger partial charge is 0.497 e. The molecule has 100 valence electrons. The van der Waals surface area contributed by atoms with Gasteiger partial charge in [0.15, 0.2) is 5.78 Å². The first-order valence-electron chi connectivity index (χ1n) is 5.99. The third-order valence-electron chi connectivity index (χ3n) is 3.43. The van der Waals surface area contributed by atoms with Crippen LogP contribution in [0.15, 0.2) is 18.2 Å². The molecule has 0 aliphatic heterocycles. The second-order valence-electron chi connectivity index (χ2n) is 4.51. The molecule has 4 nitrogen and oxygen atoms in total. The lowest BCUT2D eigenvalue weighted by Gasteiger charge is -2.25. The van der Waals surface area contributed by atoms with Crippen molar-refractivity contribution in [3.63, 3.8) is 0 Å². The monoisotopic (exact) mass is 251 g/mol. The van der Waals surface area contributed by atoms with Crippen LogP contribution in [0.1, 0.15) is 30.6 Å². The number of hydrogen-bond donors (Lipinski definition) is 1. The van der Waals surface area contributed by atoms with Gasteiger partial charge in [-0.1, -0.05) is 13.8 Å². The molecule has 0 fully saturated rings. The Labute approximate surface area is 108 Å². The number of nitrogens with two attached hydrogens (primary N) is 1. The van der Waals surface area contributed by atoms with Crippen molar-refractivity contribution < 1.29 is 14.3 Å². The lowest BCUT2D eigenvalue weighted by Crippen LogP contribution is -2.35. The van der Waals surface area contributed by atoms with E-state index < -0.39 is 5.41 Å². The van der Waals surface area contributed by atoms with Gasteiger partial charge >= 0.3 is 0 Å². The minimum absolute atomic E-state index is 0.00648. The van der Waals surface area contributed by atoms with Crippen molar-refractivity contribution in [3.05, 3.63) is 23.8 Å². The predicted molar refractivity (Wildman–Crippen MR) is 71.3 cm³/mol. The fourth-order valence-electron chi connectivity index (χ4n) is 1.71. The maximum Gasteiger partial charge on any atom is 0.173 e. The first kappa shape index (κ1) is 14.5. The van der Waals surface area contributed by atoms with Crippen molar-refractivity contribution in [2.75, 3.05) is 20.8 Å². The Morgan fingerprint density at radius 3 is 2.44 bits per heavy atom. The maximum atomic E-state index is 12.5. The molecule has 0 radical (unpaired) electrons. The van der Waals surface area contributed by atoms with Crippen molar-refractivity contribution in [1.82, 2.24) is 0 Å². The number of carbonyl (C=O) groups is 1. The van der Waals surface area contributed by atoms with Gasteiger partial charge in [-0.3, -0.25) is 4.79 Å². The fourth-order valence-corrected chi connectivity index (χ4v) is 1.71.